The summed E-state index contributed by atoms with van der Waals surface area (Å²) in [5.74, 6) is 1.25. The summed E-state index contributed by atoms with van der Waals surface area (Å²) in [7, 11) is 3.41. The smallest absolute Gasteiger partial charge is 0.260 e. The molecule has 2 amide bonds. The predicted molar refractivity (Wildman–Crippen MR) is 125 cm³/mol. The van der Waals surface area contributed by atoms with Crippen molar-refractivity contribution in [1.29, 1.82) is 0 Å². The van der Waals surface area contributed by atoms with Crippen LogP contribution < -0.4 is 9.47 Å². The number of carbonyl (C=O) groups is 2. The molecule has 0 N–H and O–H groups in total. The van der Waals surface area contributed by atoms with E-state index in [0.29, 0.717) is 11.3 Å². The highest BCUT2D eigenvalue weighted by Gasteiger charge is 2.29. The number of ether oxygens (including phenoxy) is 2. The van der Waals surface area contributed by atoms with Gasteiger partial charge in [0.2, 0.25) is 0 Å². The number of piperidine rings is 1. The minimum atomic E-state index is -0.152. The Morgan fingerprint density at radius 3 is 2.31 bits per heavy atom. The standard InChI is InChI=1S/C26H34N2O4/c1-18-9-8-10-19(2)28(18)25(29)17-32-22-15-13-21(14-16-22)26(30)27(4)20(3)23-11-6-7-12-24(23)31-5/h6-7,11-16,18-20H,8-10,17H2,1-5H3. The lowest BCUT2D eigenvalue weighted by Crippen LogP contribution is -2.49. The van der Waals surface area contributed by atoms with Gasteiger partial charge >= 0.3 is 0 Å². The molecule has 1 heterocycles. The summed E-state index contributed by atoms with van der Waals surface area (Å²) in [5.41, 5.74) is 1.51. The van der Waals surface area contributed by atoms with E-state index < -0.39 is 0 Å². The van der Waals surface area contributed by atoms with Crippen LogP contribution in [0, 0.1) is 0 Å². The molecule has 3 unspecified atom stereocenters. The van der Waals surface area contributed by atoms with Crippen molar-refractivity contribution in [3.63, 3.8) is 0 Å². The zero-order valence-corrected chi connectivity index (χ0v) is 19.7. The number of para-hydroxylation sites is 1. The van der Waals surface area contributed by atoms with Crippen molar-refractivity contribution in [2.75, 3.05) is 20.8 Å². The second-order valence-electron chi connectivity index (χ2n) is 8.58. The molecule has 6 heteroatoms. The number of rotatable bonds is 7. The summed E-state index contributed by atoms with van der Waals surface area (Å²) in [6, 6.07) is 15.0. The highest BCUT2D eigenvalue weighted by atomic mass is 16.5. The second-order valence-corrected chi connectivity index (χ2v) is 8.58. The predicted octanol–water partition coefficient (Wildman–Crippen LogP) is 4.70. The normalized spacial score (nSPS) is 19.2. The maximum absolute atomic E-state index is 13.0. The fourth-order valence-corrected chi connectivity index (χ4v) is 4.43. The van der Waals surface area contributed by atoms with Crippen LogP contribution in [0.2, 0.25) is 0 Å². The molecule has 6 nitrogen and oxygen atoms in total. The van der Waals surface area contributed by atoms with Gasteiger partial charge in [0, 0.05) is 30.3 Å². The number of hydrogen-bond donors (Lipinski definition) is 0. The molecule has 0 saturated carbocycles. The monoisotopic (exact) mass is 438 g/mol. The van der Waals surface area contributed by atoms with E-state index >= 15 is 0 Å². The van der Waals surface area contributed by atoms with Crippen LogP contribution in [0.5, 0.6) is 11.5 Å². The quantitative estimate of drug-likeness (QED) is 0.629. The SMILES string of the molecule is COc1ccccc1C(C)N(C)C(=O)c1ccc(OCC(=O)N2C(C)CCCC2C)cc1. The lowest BCUT2D eigenvalue weighted by Gasteiger charge is -2.38. The Bertz CT molecular complexity index is 918. The maximum Gasteiger partial charge on any atom is 0.260 e. The molecule has 3 atom stereocenters. The van der Waals surface area contributed by atoms with Gasteiger partial charge < -0.3 is 19.3 Å². The molecule has 172 valence electrons. The lowest BCUT2D eigenvalue weighted by molar-refractivity contribution is -0.139. The van der Waals surface area contributed by atoms with Crippen LogP contribution >= 0.6 is 0 Å². The summed E-state index contributed by atoms with van der Waals surface area (Å²) in [6.45, 7) is 6.17. The van der Waals surface area contributed by atoms with E-state index in [0.717, 1.165) is 30.6 Å². The molecule has 1 aliphatic rings. The largest absolute Gasteiger partial charge is 0.496 e. The van der Waals surface area contributed by atoms with Crippen molar-refractivity contribution in [3.8, 4) is 11.5 Å². The zero-order chi connectivity index (χ0) is 23.3. The van der Waals surface area contributed by atoms with Crippen molar-refractivity contribution >= 4 is 11.8 Å². The van der Waals surface area contributed by atoms with Crippen molar-refractivity contribution in [1.82, 2.24) is 9.80 Å². The van der Waals surface area contributed by atoms with Gasteiger partial charge in [0.25, 0.3) is 11.8 Å². The van der Waals surface area contributed by atoms with Crippen molar-refractivity contribution in [2.45, 2.75) is 58.2 Å². The van der Waals surface area contributed by atoms with Crippen molar-refractivity contribution in [2.24, 2.45) is 0 Å². The number of likely N-dealkylation sites (tertiary alicyclic amines) is 1. The topological polar surface area (TPSA) is 59.1 Å². The molecule has 2 aromatic carbocycles. The van der Waals surface area contributed by atoms with Crippen LogP contribution in [-0.4, -0.2) is 54.5 Å². The second kappa shape index (κ2) is 10.5. The minimum Gasteiger partial charge on any atom is -0.496 e. The van der Waals surface area contributed by atoms with E-state index in [4.69, 9.17) is 9.47 Å². The Labute approximate surface area is 191 Å². The summed E-state index contributed by atoms with van der Waals surface area (Å²) >= 11 is 0. The van der Waals surface area contributed by atoms with Crippen LogP contribution in [0.4, 0.5) is 0 Å². The number of hydrogen-bond acceptors (Lipinski definition) is 4. The molecule has 0 aromatic heterocycles. The van der Waals surface area contributed by atoms with Gasteiger partial charge in [-0.15, -0.1) is 0 Å². The van der Waals surface area contributed by atoms with Gasteiger partial charge in [-0.1, -0.05) is 18.2 Å². The molecule has 1 saturated heterocycles. The number of benzene rings is 2. The molecule has 0 spiro atoms. The first kappa shape index (κ1) is 23.6. The van der Waals surface area contributed by atoms with Crippen LogP contribution in [0.1, 0.15) is 62.0 Å². The fraction of sp³-hybridized carbons (Fsp3) is 0.462. The first-order valence-corrected chi connectivity index (χ1v) is 11.3. The van der Waals surface area contributed by atoms with Crippen LogP contribution in [0.3, 0.4) is 0 Å². The molecule has 1 aliphatic heterocycles. The van der Waals surface area contributed by atoms with E-state index in [1.165, 1.54) is 0 Å². The number of methoxy groups -OCH3 is 1. The molecule has 32 heavy (non-hydrogen) atoms. The third-order valence-electron chi connectivity index (χ3n) is 6.44. The van der Waals surface area contributed by atoms with E-state index in [1.54, 1.807) is 43.3 Å². The fourth-order valence-electron chi connectivity index (χ4n) is 4.43. The average molecular weight is 439 g/mol. The third-order valence-corrected chi connectivity index (χ3v) is 6.44. The lowest BCUT2D eigenvalue weighted by atomic mass is 9.97. The van der Waals surface area contributed by atoms with Crippen LogP contribution in [0.15, 0.2) is 48.5 Å². The highest BCUT2D eigenvalue weighted by molar-refractivity contribution is 5.94. The Hall–Kier alpha value is -3.02. The molecule has 1 fully saturated rings. The molecular weight excluding hydrogens is 404 g/mol. The van der Waals surface area contributed by atoms with Gasteiger partial charge in [0.05, 0.1) is 13.2 Å². The number of nitrogens with zero attached hydrogens (tertiary/aromatic N) is 2. The van der Waals surface area contributed by atoms with Gasteiger partial charge in [-0.2, -0.15) is 0 Å². The Morgan fingerprint density at radius 2 is 1.69 bits per heavy atom. The molecule has 0 bridgehead atoms. The van der Waals surface area contributed by atoms with Crippen LogP contribution in [0.25, 0.3) is 0 Å². The van der Waals surface area contributed by atoms with Gasteiger partial charge in [0.1, 0.15) is 11.5 Å². The minimum absolute atomic E-state index is 0.00666. The van der Waals surface area contributed by atoms with E-state index in [1.807, 2.05) is 36.1 Å². The van der Waals surface area contributed by atoms with Crippen molar-refractivity contribution < 1.29 is 19.1 Å². The molecular formula is C26H34N2O4. The number of carbonyl (C=O) groups excluding carboxylic acids is 2. The summed E-state index contributed by atoms with van der Waals surface area (Å²) in [6.07, 6.45) is 3.23. The molecule has 0 aliphatic carbocycles. The van der Waals surface area contributed by atoms with E-state index in [2.05, 4.69) is 13.8 Å². The van der Waals surface area contributed by atoms with E-state index in [-0.39, 0.29) is 36.5 Å². The Kier molecular flexibility index (Phi) is 7.78. The van der Waals surface area contributed by atoms with Crippen molar-refractivity contribution in [3.05, 3.63) is 59.7 Å². The summed E-state index contributed by atoms with van der Waals surface area (Å²) in [5, 5.41) is 0. The Morgan fingerprint density at radius 1 is 1.06 bits per heavy atom. The molecule has 0 radical (unpaired) electrons. The maximum atomic E-state index is 13.0. The first-order chi connectivity index (χ1) is 15.3. The highest BCUT2D eigenvalue weighted by Crippen LogP contribution is 2.29. The average Bonchev–Trinajstić information content (AvgIpc) is 2.81. The first-order valence-electron chi connectivity index (χ1n) is 11.3. The van der Waals surface area contributed by atoms with Gasteiger partial charge in [0.15, 0.2) is 6.61 Å². The van der Waals surface area contributed by atoms with E-state index in [9.17, 15) is 9.59 Å². The molecule has 3 rings (SSSR count). The zero-order valence-electron chi connectivity index (χ0n) is 19.7. The van der Waals surface area contributed by atoms with Crippen LogP contribution in [-0.2, 0) is 4.79 Å². The van der Waals surface area contributed by atoms with Gasteiger partial charge in [-0.3, -0.25) is 9.59 Å². The Balaban J connectivity index is 1.61. The summed E-state index contributed by atoms with van der Waals surface area (Å²) < 4.78 is 11.2. The summed E-state index contributed by atoms with van der Waals surface area (Å²) in [4.78, 5) is 29.3. The number of amides is 2. The van der Waals surface area contributed by atoms with Gasteiger partial charge in [-0.05, 0) is 70.4 Å². The molecule has 2 aromatic rings. The van der Waals surface area contributed by atoms with Gasteiger partial charge in [-0.25, -0.2) is 0 Å². The third kappa shape index (κ3) is 5.23.